The molecule has 1 amide bonds. The first-order chi connectivity index (χ1) is 9.53. The molecule has 0 atom stereocenters. The zero-order valence-corrected chi connectivity index (χ0v) is 12.6. The molecular weight excluding hydrogens is 282 g/mol. The highest BCUT2D eigenvalue weighted by atomic mass is 35.5. The van der Waals surface area contributed by atoms with Crippen molar-refractivity contribution in [3.05, 3.63) is 28.8 Å². The maximum absolute atomic E-state index is 12.5. The molecule has 0 aromatic heterocycles. The van der Waals surface area contributed by atoms with Gasteiger partial charge in [0, 0.05) is 11.6 Å². The van der Waals surface area contributed by atoms with Crippen LogP contribution >= 0.6 is 11.6 Å². The first kappa shape index (κ1) is 16.3. The summed E-state index contributed by atoms with van der Waals surface area (Å²) >= 11 is 5.91. The Morgan fingerprint density at radius 3 is 2.55 bits per heavy atom. The monoisotopic (exact) mass is 299 g/mol. The lowest BCUT2D eigenvalue weighted by Gasteiger charge is -2.21. The zero-order chi connectivity index (χ0) is 15.1. The van der Waals surface area contributed by atoms with Gasteiger partial charge < -0.3 is 14.4 Å². The largest absolute Gasteiger partial charge is 0.496 e. The van der Waals surface area contributed by atoms with Gasteiger partial charge in [-0.3, -0.25) is 9.59 Å². The number of esters is 1. The van der Waals surface area contributed by atoms with Crippen molar-refractivity contribution < 1.29 is 19.1 Å². The molecule has 1 rings (SSSR count). The quantitative estimate of drug-likeness (QED) is 0.757. The molecule has 5 nitrogen and oxygen atoms in total. The van der Waals surface area contributed by atoms with Gasteiger partial charge in [0.1, 0.15) is 12.3 Å². The van der Waals surface area contributed by atoms with E-state index in [9.17, 15) is 9.59 Å². The van der Waals surface area contributed by atoms with Crippen LogP contribution in [-0.2, 0) is 9.53 Å². The number of ether oxygens (including phenoxy) is 2. The molecule has 0 heterocycles. The predicted molar refractivity (Wildman–Crippen MR) is 76.2 cm³/mol. The van der Waals surface area contributed by atoms with Gasteiger partial charge in [0.2, 0.25) is 0 Å². The number of halogens is 1. The fourth-order valence-corrected chi connectivity index (χ4v) is 1.93. The minimum atomic E-state index is -0.465. The Labute approximate surface area is 123 Å². The van der Waals surface area contributed by atoms with E-state index in [1.807, 2.05) is 6.92 Å². The Balaban J connectivity index is 3.05. The topological polar surface area (TPSA) is 55.8 Å². The van der Waals surface area contributed by atoms with Crippen molar-refractivity contribution in [2.75, 3.05) is 27.3 Å². The van der Waals surface area contributed by atoms with E-state index in [-0.39, 0.29) is 12.5 Å². The first-order valence-corrected chi connectivity index (χ1v) is 6.60. The summed E-state index contributed by atoms with van der Waals surface area (Å²) in [5, 5.41) is 0.434. The van der Waals surface area contributed by atoms with Gasteiger partial charge in [-0.25, -0.2) is 0 Å². The van der Waals surface area contributed by atoms with E-state index in [0.717, 1.165) is 6.42 Å². The second kappa shape index (κ2) is 7.75. The highest BCUT2D eigenvalue weighted by molar-refractivity contribution is 6.31. The van der Waals surface area contributed by atoms with Crippen LogP contribution in [-0.4, -0.2) is 44.1 Å². The van der Waals surface area contributed by atoms with Crippen molar-refractivity contribution in [2.45, 2.75) is 13.3 Å². The number of nitrogens with zero attached hydrogens (tertiary/aromatic N) is 1. The van der Waals surface area contributed by atoms with Crippen LogP contribution in [0, 0.1) is 0 Å². The van der Waals surface area contributed by atoms with Gasteiger partial charge in [-0.05, 0) is 24.6 Å². The third-order valence-electron chi connectivity index (χ3n) is 2.72. The Bertz CT molecular complexity index is 490. The first-order valence-electron chi connectivity index (χ1n) is 6.23. The van der Waals surface area contributed by atoms with Crippen LogP contribution in [0.15, 0.2) is 18.2 Å². The van der Waals surface area contributed by atoms with E-state index < -0.39 is 5.97 Å². The van der Waals surface area contributed by atoms with Crippen LogP contribution in [0.3, 0.4) is 0 Å². The molecule has 0 fully saturated rings. The summed E-state index contributed by atoms with van der Waals surface area (Å²) in [4.78, 5) is 25.3. The molecule has 0 saturated heterocycles. The molecule has 0 bridgehead atoms. The number of carbonyl (C=O) groups excluding carboxylic acids is 2. The average molecular weight is 300 g/mol. The summed E-state index contributed by atoms with van der Waals surface area (Å²) in [6.07, 6.45) is 0.728. The third kappa shape index (κ3) is 4.13. The SMILES string of the molecule is CCCN(CC(=O)OC)C(=O)c1cc(Cl)ccc1OC. The Hall–Kier alpha value is -1.75. The van der Waals surface area contributed by atoms with Crippen LogP contribution in [0.2, 0.25) is 5.02 Å². The van der Waals surface area contributed by atoms with Gasteiger partial charge in [-0.2, -0.15) is 0 Å². The molecule has 0 aliphatic rings. The second-order valence-electron chi connectivity index (χ2n) is 4.15. The molecule has 0 saturated carbocycles. The van der Waals surface area contributed by atoms with E-state index >= 15 is 0 Å². The number of rotatable bonds is 6. The average Bonchev–Trinajstić information content (AvgIpc) is 2.45. The summed E-state index contributed by atoms with van der Waals surface area (Å²) in [6.45, 7) is 2.27. The van der Waals surface area contributed by atoms with Gasteiger partial charge >= 0.3 is 5.97 Å². The minimum absolute atomic E-state index is 0.0984. The van der Waals surface area contributed by atoms with Crippen molar-refractivity contribution in [2.24, 2.45) is 0 Å². The molecule has 0 radical (unpaired) electrons. The molecule has 0 aliphatic heterocycles. The van der Waals surface area contributed by atoms with Crippen LogP contribution in [0.5, 0.6) is 5.75 Å². The van der Waals surface area contributed by atoms with E-state index in [0.29, 0.717) is 22.9 Å². The molecule has 0 unspecified atom stereocenters. The van der Waals surface area contributed by atoms with Crippen LogP contribution < -0.4 is 4.74 Å². The minimum Gasteiger partial charge on any atom is -0.496 e. The Morgan fingerprint density at radius 2 is 2.00 bits per heavy atom. The second-order valence-corrected chi connectivity index (χ2v) is 4.58. The lowest BCUT2D eigenvalue weighted by molar-refractivity contribution is -0.141. The number of amides is 1. The van der Waals surface area contributed by atoms with E-state index in [2.05, 4.69) is 4.74 Å². The fourth-order valence-electron chi connectivity index (χ4n) is 1.76. The summed E-state index contributed by atoms with van der Waals surface area (Å²) < 4.78 is 9.76. The smallest absolute Gasteiger partial charge is 0.325 e. The number of hydrogen-bond donors (Lipinski definition) is 0. The number of benzene rings is 1. The molecule has 110 valence electrons. The van der Waals surface area contributed by atoms with Crippen molar-refractivity contribution >= 4 is 23.5 Å². The number of methoxy groups -OCH3 is 2. The van der Waals surface area contributed by atoms with E-state index in [1.165, 1.54) is 25.2 Å². The molecule has 1 aromatic carbocycles. The van der Waals surface area contributed by atoms with Crippen LogP contribution in [0.4, 0.5) is 0 Å². The van der Waals surface area contributed by atoms with Crippen LogP contribution in [0.1, 0.15) is 23.7 Å². The number of hydrogen-bond acceptors (Lipinski definition) is 4. The molecule has 0 N–H and O–H groups in total. The van der Waals surface area contributed by atoms with Crippen molar-refractivity contribution in [3.8, 4) is 5.75 Å². The summed E-state index contributed by atoms with van der Waals surface area (Å²) in [5.41, 5.74) is 0.331. The molecular formula is C14H18ClNO4. The Kier molecular flexibility index (Phi) is 6.31. The highest BCUT2D eigenvalue weighted by Gasteiger charge is 2.21. The standard InChI is InChI=1S/C14H18ClNO4/c1-4-7-16(9-13(17)20-3)14(18)11-8-10(15)5-6-12(11)19-2/h5-6,8H,4,7,9H2,1-3H3. The molecule has 0 spiro atoms. The fraction of sp³-hybridized carbons (Fsp3) is 0.429. The van der Waals surface area contributed by atoms with Crippen molar-refractivity contribution in [3.63, 3.8) is 0 Å². The van der Waals surface area contributed by atoms with Gasteiger partial charge in [0.15, 0.2) is 0 Å². The van der Waals surface area contributed by atoms with Gasteiger partial charge in [0.05, 0.1) is 19.8 Å². The maximum Gasteiger partial charge on any atom is 0.325 e. The third-order valence-corrected chi connectivity index (χ3v) is 2.96. The normalized spacial score (nSPS) is 10.0. The molecule has 0 aliphatic carbocycles. The summed E-state index contributed by atoms with van der Waals surface area (Å²) in [7, 11) is 2.77. The van der Waals surface area contributed by atoms with E-state index in [4.69, 9.17) is 16.3 Å². The predicted octanol–water partition coefficient (Wildman–Crippen LogP) is 2.37. The lowest BCUT2D eigenvalue weighted by Crippen LogP contribution is -2.37. The highest BCUT2D eigenvalue weighted by Crippen LogP contribution is 2.24. The zero-order valence-electron chi connectivity index (χ0n) is 11.8. The maximum atomic E-state index is 12.5. The molecule has 20 heavy (non-hydrogen) atoms. The van der Waals surface area contributed by atoms with Gasteiger partial charge in [-0.1, -0.05) is 18.5 Å². The summed E-state index contributed by atoms with van der Waals surface area (Å²) in [6, 6.07) is 4.79. The van der Waals surface area contributed by atoms with Gasteiger partial charge in [0.25, 0.3) is 5.91 Å². The van der Waals surface area contributed by atoms with Crippen molar-refractivity contribution in [1.29, 1.82) is 0 Å². The summed E-state index contributed by atoms with van der Waals surface area (Å²) in [5.74, 6) is -0.352. The van der Waals surface area contributed by atoms with Crippen LogP contribution in [0.25, 0.3) is 0 Å². The number of carbonyl (C=O) groups is 2. The Morgan fingerprint density at radius 1 is 1.30 bits per heavy atom. The lowest BCUT2D eigenvalue weighted by atomic mass is 10.1. The van der Waals surface area contributed by atoms with E-state index in [1.54, 1.807) is 12.1 Å². The van der Waals surface area contributed by atoms with Crippen molar-refractivity contribution in [1.82, 2.24) is 4.90 Å². The van der Waals surface area contributed by atoms with Gasteiger partial charge in [-0.15, -0.1) is 0 Å². The molecule has 6 heteroatoms. The molecule has 1 aromatic rings.